The van der Waals surface area contributed by atoms with Crippen molar-refractivity contribution in [3.63, 3.8) is 0 Å². The van der Waals surface area contributed by atoms with Crippen molar-refractivity contribution in [3.05, 3.63) is 29.8 Å². The summed E-state index contributed by atoms with van der Waals surface area (Å²) in [5.41, 5.74) is 0.236. The summed E-state index contributed by atoms with van der Waals surface area (Å²) < 4.78 is 5.21. The molecule has 112 valence electrons. The highest BCUT2D eigenvalue weighted by molar-refractivity contribution is 5.92. The summed E-state index contributed by atoms with van der Waals surface area (Å²) in [4.78, 5) is 11.8. The highest BCUT2D eigenvalue weighted by atomic mass is 16.5. The molecule has 0 amide bonds. The van der Waals surface area contributed by atoms with Gasteiger partial charge in [0.05, 0.1) is 6.61 Å². The zero-order valence-electron chi connectivity index (χ0n) is 12.8. The molecule has 0 saturated heterocycles. The average Bonchev–Trinajstić information content (AvgIpc) is 2.38. The number of hydrogen-bond acceptors (Lipinski definition) is 3. The van der Waals surface area contributed by atoms with Gasteiger partial charge in [-0.2, -0.15) is 0 Å². The van der Waals surface area contributed by atoms with Gasteiger partial charge in [0, 0.05) is 0 Å². The molecule has 0 saturated carbocycles. The van der Waals surface area contributed by atoms with Crippen LogP contribution in [0.1, 0.15) is 56.8 Å². The summed E-state index contributed by atoms with van der Waals surface area (Å²) in [6.45, 7) is 7.07. The molecule has 1 atom stereocenters. The number of esters is 1. The Bertz CT molecular complexity index is 412. The molecule has 1 aromatic carbocycles. The number of carbonyl (C=O) groups excluding carboxylic acids is 1. The fraction of sp³-hybridized carbons (Fsp3) is 0.588. The predicted octanol–water partition coefficient (Wildman–Crippen LogP) is 4.40. The monoisotopic (exact) mass is 278 g/mol. The first kappa shape index (κ1) is 16.5. The van der Waals surface area contributed by atoms with E-state index in [-0.39, 0.29) is 11.3 Å². The third-order valence-electron chi connectivity index (χ3n) is 3.45. The Hall–Kier alpha value is -1.51. The molecule has 0 aliphatic rings. The summed E-state index contributed by atoms with van der Waals surface area (Å²) in [6, 6.07) is 6.46. The lowest BCUT2D eigenvalue weighted by Crippen LogP contribution is -2.09. The maximum atomic E-state index is 11.8. The second-order valence-corrected chi connectivity index (χ2v) is 5.87. The molecule has 0 spiro atoms. The number of carbonyl (C=O) groups is 1. The maximum Gasteiger partial charge on any atom is 0.341 e. The molecule has 0 aliphatic carbocycles. The van der Waals surface area contributed by atoms with Crippen molar-refractivity contribution < 1.29 is 14.6 Å². The molecule has 0 aliphatic heterocycles. The number of benzene rings is 1. The van der Waals surface area contributed by atoms with Crippen LogP contribution in [-0.2, 0) is 4.74 Å². The van der Waals surface area contributed by atoms with Gasteiger partial charge < -0.3 is 9.84 Å². The molecule has 0 aromatic heterocycles. The van der Waals surface area contributed by atoms with Gasteiger partial charge in [-0.3, -0.25) is 0 Å². The first-order valence-corrected chi connectivity index (χ1v) is 7.45. The number of aromatic hydroxyl groups is 1. The minimum Gasteiger partial charge on any atom is -0.507 e. The Morgan fingerprint density at radius 3 is 2.50 bits per heavy atom. The van der Waals surface area contributed by atoms with Crippen molar-refractivity contribution >= 4 is 5.97 Å². The van der Waals surface area contributed by atoms with Crippen LogP contribution in [0.3, 0.4) is 0 Å². The van der Waals surface area contributed by atoms with E-state index in [9.17, 15) is 9.90 Å². The van der Waals surface area contributed by atoms with Crippen LogP contribution in [0, 0.1) is 11.8 Å². The molecule has 1 N–H and O–H groups in total. The van der Waals surface area contributed by atoms with Crippen LogP contribution in [0.15, 0.2) is 24.3 Å². The molecule has 1 unspecified atom stereocenters. The van der Waals surface area contributed by atoms with Crippen LogP contribution < -0.4 is 0 Å². The van der Waals surface area contributed by atoms with Crippen molar-refractivity contribution in [1.29, 1.82) is 0 Å². The van der Waals surface area contributed by atoms with Gasteiger partial charge in [0.15, 0.2) is 0 Å². The van der Waals surface area contributed by atoms with E-state index in [4.69, 9.17) is 4.74 Å². The largest absolute Gasteiger partial charge is 0.507 e. The topological polar surface area (TPSA) is 46.5 Å². The van der Waals surface area contributed by atoms with E-state index in [1.165, 1.54) is 25.3 Å². The van der Waals surface area contributed by atoms with E-state index < -0.39 is 5.97 Å². The Morgan fingerprint density at radius 2 is 1.85 bits per heavy atom. The summed E-state index contributed by atoms with van der Waals surface area (Å²) in [6.07, 6.45) is 4.53. The molecule has 1 rings (SSSR count). The fourth-order valence-corrected chi connectivity index (χ4v) is 2.10. The second kappa shape index (κ2) is 8.62. The Morgan fingerprint density at radius 1 is 1.15 bits per heavy atom. The molecule has 1 aromatic rings. The lowest BCUT2D eigenvalue weighted by molar-refractivity contribution is 0.0480. The third kappa shape index (κ3) is 6.09. The lowest BCUT2D eigenvalue weighted by Gasteiger charge is -2.12. The van der Waals surface area contributed by atoms with E-state index in [1.807, 2.05) is 0 Å². The minimum absolute atomic E-state index is 0.0255. The molecule has 20 heavy (non-hydrogen) atoms. The molecule has 3 heteroatoms. The van der Waals surface area contributed by atoms with Crippen LogP contribution in [-0.4, -0.2) is 17.7 Å². The Kier molecular flexibility index (Phi) is 7.13. The van der Waals surface area contributed by atoms with Crippen molar-refractivity contribution in [2.75, 3.05) is 6.61 Å². The van der Waals surface area contributed by atoms with Crippen molar-refractivity contribution in [2.24, 2.45) is 11.8 Å². The summed E-state index contributed by atoms with van der Waals surface area (Å²) in [7, 11) is 0. The van der Waals surface area contributed by atoms with E-state index in [2.05, 4.69) is 20.8 Å². The van der Waals surface area contributed by atoms with Crippen molar-refractivity contribution in [3.8, 4) is 5.75 Å². The number of phenols is 1. The summed E-state index contributed by atoms with van der Waals surface area (Å²) >= 11 is 0. The van der Waals surface area contributed by atoms with E-state index in [1.54, 1.807) is 18.2 Å². The minimum atomic E-state index is -0.447. The van der Waals surface area contributed by atoms with Gasteiger partial charge in [0.2, 0.25) is 0 Å². The molecule has 3 nitrogen and oxygen atoms in total. The fourth-order valence-electron chi connectivity index (χ4n) is 2.10. The Labute approximate surface area is 122 Å². The first-order valence-electron chi connectivity index (χ1n) is 7.45. The van der Waals surface area contributed by atoms with Gasteiger partial charge in [-0.05, 0) is 30.4 Å². The van der Waals surface area contributed by atoms with Crippen LogP contribution >= 0.6 is 0 Å². The van der Waals surface area contributed by atoms with Gasteiger partial charge in [0.25, 0.3) is 0 Å². The number of hydrogen-bond donors (Lipinski definition) is 1. The molecular weight excluding hydrogens is 252 g/mol. The SMILES string of the molecule is CC(C)CCCC(C)CCOC(=O)c1ccccc1O. The first-order chi connectivity index (χ1) is 9.50. The quantitative estimate of drug-likeness (QED) is 0.717. The maximum absolute atomic E-state index is 11.8. The van der Waals surface area contributed by atoms with Crippen LogP contribution in [0.25, 0.3) is 0 Å². The van der Waals surface area contributed by atoms with Crippen molar-refractivity contribution in [1.82, 2.24) is 0 Å². The number of phenolic OH excluding ortho intramolecular Hbond substituents is 1. The molecule has 0 bridgehead atoms. The molecular formula is C17H26O3. The molecule has 0 fully saturated rings. The van der Waals surface area contributed by atoms with Gasteiger partial charge in [-0.15, -0.1) is 0 Å². The highest BCUT2D eigenvalue weighted by Gasteiger charge is 2.12. The zero-order chi connectivity index (χ0) is 15.0. The summed E-state index contributed by atoms with van der Waals surface area (Å²) in [5, 5.41) is 9.56. The van der Waals surface area contributed by atoms with E-state index >= 15 is 0 Å². The van der Waals surface area contributed by atoms with E-state index in [0.717, 1.165) is 12.3 Å². The highest BCUT2D eigenvalue weighted by Crippen LogP contribution is 2.18. The predicted molar refractivity (Wildman–Crippen MR) is 80.9 cm³/mol. The van der Waals surface area contributed by atoms with Crippen LogP contribution in [0.4, 0.5) is 0 Å². The number of rotatable bonds is 8. The van der Waals surface area contributed by atoms with Crippen LogP contribution in [0.5, 0.6) is 5.75 Å². The van der Waals surface area contributed by atoms with Gasteiger partial charge in [-0.1, -0.05) is 52.2 Å². The second-order valence-electron chi connectivity index (χ2n) is 5.87. The third-order valence-corrected chi connectivity index (χ3v) is 3.45. The van der Waals surface area contributed by atoms with Gasteiger partial charge in [0.1, 0.15) is 11.3 Å². The van der Waals surface area contributed by atoms with Crippen LogP contribution in [0.2, 0.25) is 0 Å². The van der Waals surface area contributed by atoms with E-state index in [0.29, 0.717) is 12.5 Å². The smallest absolute Gasteiger partial charge is 0.341 e. The van der Waals surface area contributed by atoms with Gasteiger partial charge >= 0.3 is 5.97 Å². The molecule has 0 radical (unpaired) electrons. The average molecular weight is 278 g/mol. The normalized spacial score (nSPS) is 12.4. The zero-order valence-corrected chi connectivity index (χ0v) is 12.8. The van der Waals surface area contributed by atoms with Gasteiger partial charge in [-0.25, -0.2) is 4.79 Å². The number of ether oxygens (including phenoxy) is 1. The Balaban J connectivity index is 2.24. The standard InChI is InChI=1S/C17H26O3/c1-13(2)7-6-8-14(3)11-12-20-17(19)15-9-4-5-10-16(15)18/h4-5,9-10,13-14,18H,6-8,11-12H2,1-3H3. The lowest BCUT2D eigenvalue weighted by atomic mass is 9.98. The molecule has 0 heterocycles. The number of para-hydroxylation sites is 1. The van der Waals surface area contributed by atoms with Crippen molar-refractivity contribution in [2.45, 2.75) is 46.5 Å². The summed E-state index contributed by atoms with van der Waals surface area (Å²) in [5.74, 6) is 0.840.